The van der Waals surface area contributed by atoms with Gasteiger partial charge in [-0.1, -0.05) is 0 Å². The van der Waals surface area contributed by atoms with Crippen molar-refractivity contribution in [2.24, 2.45) is 17.8 Å². The second kappa shape index (κ2) is 13.8. The van der Waals surface area contributed by atoms with E-state index in [9.17, 15) is 9.90 Å². The van der Waals surface area contributed by atoms with Crippen LogP contribution in [0.4, 0.5) is 11.6 Å². The largest absolute Gasteiger partial charge is 0.497 e. The number of ether oxygens (including phenoxy) is 4. The van der Waals surface area contributed by atoms with Gasteiger partial charge in [0.15, 0.2) is 0 Å². The van der Waals surface area contributed by atoms with Crippen LogP contribution < -0.4 is 29.2 Å². The molecule has 2 saturated carbocycles. The molecule has 0 radical (unpaired) electrons. The van der Waals surface area contributed by atoms with Gasteiger partial charge in [-0.3, -0.25) is 9.78 Å². The van der Waals surface area contributed by atoms with E-state index in [-0.39, 0.29) is 29.8 Å². The molecule has 0 saturated heterocycles. The number of methoxy groups -OCH3 is 4. The Balaban J connectivity index is 1.34. The number of aryl methyl sites for hydroxylation is 1. The number of anilines is 2. The van der Waals surface area contributed by atoms with E-state index in [0.717, 1.165) is 38.7 Å². The van der Waals surface area contributed by atoms with Crippen LogP contribution in [0.1, 0.15) is 29.5 Å². The summed E-state index contributed by atoms with van der Waals surface area (Å²) < 4.78 is 22.6. The lowest BCUT2D eigenvalue weighted by atomic mass is 10.0. The standard InChI is InChI=1S/C39H41N5O6/c1-22-10-11-40-18-31(22)33-12-25-13-36(43-39(46)37-29-14-26(45)15-30(29)37)41-19-32(25)38(42-33)44(20-23-6-8-27(47-2)16-34(23)49-4)21-24-7-9-28(48-3)17-35(24)50-5/h6-13,16-19,26,29-30,37,45H,14-15,20-21H2,1-5H3,(H,41,43,46)/t26?,29-,30+,37?. The second-order valence-corrected chi connectivity index (χ2v) is 13.0. The van der Waals surface area contributed by atoms with Crippen LogP contribution in [-0.2, 0) is 17.9 Å². The molecule has 2 fully saturated rings. The predicted molar refractivity (Wildman–Crippen MR) is 191 cm³/mol. The van der Waals surface area contributed by atoms with Gasteiger partial charge in [0.1, 0.15) is 34.6 Å². The highest BCUT2D eigenvalue weighted by Crippen LogP contribution is 2.57. The van der Waals surface area contributed by atoms with E-state index in [2.05, 4.69) is 15.2 Å². The minimum absolute atomic E-state index is 0.0452. The van der Waals surface area contributed by atoms with Gasteiger partial charge < -0.3 is 34.3 Å². The molecule has 0 bridgehead atoms. The maximum Gasteiger partial charge on any atom is 0.229 e. The summed E-state index contributed by atoms with van der Waals surface area (Å²) in [6.45, 7) is 2.88. The number of carbonyl (C=O) groups excluding carboxylic acids is 1. The van der Waals surface area contributed by atoms with E-state index in [4.69, 9.17) is 28.9 Å². The highest BCUT2D eigenvalue weighted by atomic mass is 16.5. The number of fused-ring (bicyclic) bond motifs is 2. The minimum Gasteiger partial charge on any atom is -0.497 e. The smallest absolute Gasteiger partial charge is 0.229 e. The van der Waals surface area contributed by atoms with Crippen molar-refractivity contribution >= 4 is 28.3 Å². The molecule has 258 valence electrons. The molecule has 7 rings (SSSR count). The number of amides is 1. The third-order valence-corrected chi connectivity index (χ3v) is 9.99. The molecule has 3 aromatic heterocycles. The van der Waals surface area contributed by atoms with Crippen molar-refractivity contribution in [3.05, 3.63) is 89.9 Å². The van der Waals surface area contributed by atoms with Crippen molar-refractivity contribution in [1.29, 1.82) is 0 Å². The average molecular weight is 676 g/mol. The SMILES string of the molecule is COc1ccc(CN(Cc2ccc(OC)cc2OC)c2nc(-c3cnccc3C)cc3cc(NC(=O)C4[C@H]5CC(O)C[C@@H]45)ncc23)c(OC)c1. The monoisotopic (exact) mass is 675 g/mol. The van der Waals surface area contributed by atoms with Crippen LogP contribution in [0, 0.1) is 24.7 Å². The van der Waals surface area contributed by atoms with Crippen molar-refractivity contribution in [3.8, 4) is 34.3 Å². The van der Waals surface area contributed by atoms with Crippen LogP contribution in [0.2, 0.25) is 0 Å². The van der Waals surface area contributed by atoms with Crippen LogP contribution in [0.15, 0.2) is 73.2 Å². The summed E-state index contributed by atoms with van der Waals surface area (Å²) >= 11 is 0. The molecule has 11 heteroatoms. The van der Waals surface area contributed by atoms with Crippen molar-refractivity contribution in [1.82, 2.24) is 15.0 Å². The second-order valence-electron chi connectivity index (χ2n) is 13.0. The van der Waals surface area contributed by atoms with Gasteiger partial charge in [-0.2, -0.15) is 0 Å². The Bertz CT molecular complexity index is 1980. The molecule has 11 nitrogen and oxygen atoms in total. The van der Waals surface area contributed by atoms with E-state index in [1.807, 2.05) is 67.7 Å². The van der Waals surface area contributed by atoms with E-state index < -0.39 is 0 Å². The number of aliphatic hydroxyl groups excluding tert-OH is 1. The zero-order valence-corrected chi connectivity index (χ0v) is 28.8. The quantitative estimate of drug-likeness (QED) is 0.158. The number of hydrogen-bond donors (Lipinski definition) is 2. The van der Waals surface area contributed by atoms with Crippen LogP contribution in [-0.4, -0.2) is 60.5 Å². The van der Waals surface area contributed by atoms with Gasteiger partial charge in [-0.05, 0) is 85.0 Å². The Morgan fingerprint density at radius 1 is 0.860 bits per heavy atom. The molecule has 5 aromatic rings. The lowest BCUT2D eigenvalue weighted by molar-refractivity contribution is -0.118. The van der Waals surface area contributed by atoms with Crippen LogP contribution >= 0.6 is 0 Å². The number of pyridine rings is 3. The number of nitrogens with one attached hydrogen (secondary N) is 1. The third-order valence-electron chi connectivity index (χ3n) is 9.99. The van der Waals surface area contributed by atoms with Crippen LogP contribution in [0.5, 0.6) is 23.0 Å². The van der Waals surface area contributed by atoms with Crippen LogP contribution in [0.3, 0.4) is 0 Å². The molecule has 2 aliphatic rings. The van der Waals surface area contributed by atoms with E-state index in [1.54, 1.807) is 40.8 Å². The molecule has 2 aromatic carbocycles. The number of nitrogens with zero attached hydrogens (tertiary/aromatic N) is 4. The fourth-order valence-electron chi connectivity index (χ4n) is 7.30. The summed E-state index contributed by atoms with van der Waals surface area (Å²) in [6.07, 6.45) is 6.43. The molecule has 0 spiro atoms. The summed E-state index contributed by atoms with van der Waals surface area (Å²) in [4.78, 5) is 29.8. The number of benzene rings is 2. The Hall–Kier alpha value is -5.42. The zero-order valence-electron chi connectivity index (χ0n) is 28.8. The van der Waals surface area contributed by atoms with E-state index in [0.29, 0.717) is 60.6 Å². The first-order valence-electron chi connectivity index (χ1n) is 16.7. The number of rotatable bonds is 12. The first-order chi connectivity index (χ1) is 24.3. The lowest BCUT2D eigenvalue weighted by Gasteiger charge is -2.28. The molecule has 4 atom stereocenters. The number of hydrogen-bond acceptors (Lipinski definition) is 10. The Morgan fingerprint density at radius 2 is 1.50 bits per heavy atom. The molecule has 2 aliphatic carbocycles. The van der Waals surface area contributed by atoms with Gasteiger partial charge in [-0.15, -0.1) is 0 Å². The Labute approximate surface area is 291 Å². The number of carbonyl (C=O) groups is 1. The fraction of sp³-hybridized carbons (Fsp3) is 0.333. The van der Waals surface area contributed by atoms with Gasteiger partial charge in [0.25, 0.3) is 0 Å². The molecular weight excluding hydrogens is 634 g/mol. The highest BCUT2D eigenvalue weighted by molar-refractivity contribution is 5.99. The van der Waals surface area contributed by atoms with Crippen molar-refractivity contribution in [2.45, 2.75) is 39.0 Å². The molecular formula is C39H41N5O6. The maximum atomic E-state index is 13.3. The minimum atomic E-state index is -0.299. The first kappa shape index (κ1) is 33.1. The number of aliphatic hydroxyl groups is 1. The number of aromatic nitrogens is 3. The predicted octanol–water partition coefficient (Wildman–Crippen LogP) is 6.20. The Kier molecular flexibility index (Phi) is 9.16. The van der Waals surface area contributed by atoms with Crippen molar-refractivity contribution < 1.29 is 28.8 Å². The van der Waals surface area contributed by atoms with Gasteiger partial charge >= 0.3 is 0 Å². The van der Waals surface area contributed by atoms with Gasteiger partial charge in [0.2, 0.25) is 5.91 Å². The zero-order chi connectivity index (χ0) is 34.9. The molecule has 0 aliphatic heterocycles. The molecule has 2 unspecified atom stereocenters. The first-order valence-corrected chi connectivity index (χ1v) is 16.7. The third kappa shape index (κ3) is 6.48. The normalized spacial score (nSPS) is 19.1. The van der Waals surface area contributed by atoms with E-state index in [1.165, 1.54) is 0 Å². The van der Waals surface area contributed by atoms with Crippen molar-refractivity contribution in [3.63, 3.8) is 0 Å². The summed E-state index contributed by atoms with van der Waals surface area (Å²) in [5, 5.41) is 14.7. The summed E-state index contributed by atoms with van der Waals surface area (Å²) in [5.41, 5.74) is 4.52. The van der Waals surface area contributed by atoms with Gasteiger partial charge in [0, 0.05) is 71.8 Å². The fourth-order valence-corrected chi connectivity index (χ4v) is 7.30. The van der Waals surface area contributed by atoms with Gasteiger partial charge in [-0.25, -0.2) is 9.97 Å². The summed E-state index contributed by atoms with van der Waals surface area (Å²) in [6, 6.07) is 17.4. The highest BCUT2D eigenvalue weighted by Gasteiger charge is 2.59. The summed E-state index contributed by atoms with van der Waals surface area (Å²) in [5.74, 6) is 4.28. The average Bonchev–Trinajstić information content (AvgIpc) is 3.66. The molecule has 50 heavy (non-hydrogen) atoms. The maximum absolute atomic E-state index is 13.3. The molecule has 2 N–H and O–H groups in total. The van der Waals surface area contributed by atoms with E-state index >= 15 is 0 Å². The van der Waals surface area contributed by atoms with Gasteiger partial charge in [0.05, 0.1) is 40.2 Å². The van der Waals surface area contributed by atoms with Crippen LogP contribution in [0.25, 0.3) is 22.0 Å². The summed E-state index contributed by atoms with van der Waals surface area (Å²) in [7, 11) is 6.54. The Morgan fingerprint density at radius 3 is 2.08 bits per heavy atom. The van der Waals surface area contributed by atoms with Crippen molar-refractivity contribution in [2.75, 3.05) is 38.7 Å². The topological polar surface area (TPSA) is 128 Å². The molecule has 1 amide bonds. The molecule has 3 heterocycles. The lowest BCUT2D eigenvalue weighted by Crippen LogP contribution is -2.24.